The average molecular weight is 531 g/mol. The number of primary amides is 1. The van der Waals surface area contributed by atoms with Crippen LogP contribution in [0.1, 0.15) is 28.8 Å². The van der Waals surface area contributed by atoms with Crippen LogP contribution in [-0.4, -0.2) is 74.8 Å². The molecule has 0 spiro atoms. The first-order chi connectivity index (χ1) is 14.1. The van der Waals surface area contributed by atoms with Crippen molar-refractivity contribution >= 4 is 41.8 Å². The fourth-order valence-electron chi connectivity index (χ4n) is 3.55. The fourth-order valence-corrected chi connectivity index (χ4v) is 3.55. The Labute approximate surface area is 193 Å². The summed E-state index contributed by atoms with van der Waals surface area (Å²) in [6.07, 6.45) is 2.38. The minimum Gasteiger partial charge on any atom is -0.375 e. The van der Waals surface area contributed by atoms with Gasteiger partial charge in [0, 0.05) is 38.9 Å². The highest BCUT2D eigenvalue weighted by Gasteiger charge is 2.32. The number of morpholine rings is 1. The monoisotopic (exact) mass is 531 g/mol. The molecule has 0 aromatic heterocycles. The van der Waals surface area contributed by atoms with Crippen LogP contribution in [0.15, 0.2) is 29.3 Å². The van der Waals surface area contributed by atoms with E-state index in [4.69, 9.17) is 15.2 Å². The maximum atomic E-state index is 11.9. The van der Waals surface area contributed by atoms with E-state index in [2.05, 4.69) is 20.5 Å². The molecule has 2 aliphatic heterocycles. The number of benzene rings is 1. The van der Waals surface area contributed by atoms with Gasteiger partial charge in [0.25, 0.3) is 5.91 Å². The number of carbonyl (C=O) groups excluding carboxylic acids is 2. The lowest BCUT2D eigenvalue weighted by atomic mass is 10.1. The Kier molecular flexibility index (Phi) is 9.79. The van der Waals surface area contributed by atoms with Gasteiger partial charge >= 0.3 is 0 Å². The van der Waals surface area contributed by atoms with Crippen molar-refractivity contribution in [3.63, 3.8) is 0 Å². The molecule has 9 nitrogen and oxygen atoms in total. The van der Waals surface area contributed by atoms with Gasteiger partial charge in [-0.05, 0) is 30.5 Å². The zero-order chi connectivity index (χ0) is 20.6. The van der Waals surface area contributed by atoms with E-state index in [9.17, 15) is 9.59 Å². The zero-order valence-electron chi connectivity index (χ0n) is 17.1. The first-order valence-corrected chi connectivity index (χ1v) is 9.91. The number of guanidine groups is 1. The SMILES string of the molecule is CN=C(NCc1ccc(C(=O)NCC(N)=O)cc1)N1CCOC(C2CCCO2)C1.I. The van der Waals surface area contributed by atoms with E-state index in [1.54, 1.807) is 19.2 Å². The molecule has 0 radical (unpaired) electrons. The standard InChI is InChI=1S/C20H29N5O4.HI/c1-22-20(25-8-10-29-17(13-25)16-3-2-9-28-16)24-11-14-4-6-15(7-5-14)19(27)23-12-18(21)26;/h4-7,16-17H,2-3,8-13H2,1H3,(H2,21,26)(H,22,24)(H,23,27);1H. The number of aliphatic imine (C=N–C) groups is 1. The van der Waals surface area contributed by atoms with Gasteiger partial charge in [-0.1, -0.05) is 12.1 Å². The number of amides is 2. The van der Waals surface area contributed by atoms with Crippen molar-refractivity contribution in [2.75, 3.05) is 39.9 Å². The lowest BCUT2D eigenvalue weighted by Crippen LogP contribution is -2.53. The van der Waals surface area contributed by atoms with Crippen molar-refractivity contribution in [1.29, 1.82) is 0 Å². The smallest absolute Gasteiger partial charge is 0.251 e. The number of ether oxygens (including phenoxy) is 2. The Morgan fingerprint density at radius 1 is 1.17 bits per heavy atom. The lowest BCUT2D eigenvalue weighted by Gasteiger charge is -2.37. The van der Waals surface area contributed by atoms with Gasteiger partial charge in [-0.25, -0.2) is 0 Å². The van der Waals surface area contributed by atoms with Crippen molar-refractivity contribution in [1.82, 2.24) is 15.5 Å². The number of hydrogen-bond acceptors (Lipinski definition) is 5. The van der Waals surface area contributed by atoms with Crippen LogP contribution in [0.4, 0.5) is 0 Å². The molecule has 0 aliphatic carbocycles. The fraction of sp³-hybridized carbons (Fsp3) is 0.550. The quantitative estimate of drug-likeness (QED) is 0.279. The van der Waals surface area contributed by atoms with Crippen LogP contribution >= 0.6 is 24.0 Å². The van der Waals surface area contributed by atoms with Gasteiger partial charge in [0.1, 0.15) is 6.10 Å². The maximum Gasteiger partial charge on any atom is 0.251 e. The highest BCUT2D eigenvalue weighted by atomic mass is 127. The molecule has 2 heterocycles. The number of hydrogen-bond donors (Lipinski definition) is 3. The van der Waals surface area contributed by atoms with Crippen LogP contribution in [0.2, 0.25) is 0 Å². The van der Waals surface area contributed by atoms with Crippen molar-refractivity contribution < 1.29 is 19.1 Å². The summed E-state index contributed by atoms with van der Waals surface area (Å²) in [5.41, 5.74) is 6.53. The van der Waals surface area contributed by atoms with E-state index < -0.39 is 5.91 Å². The third-order valence-electron chi connectivity index (χ3n) is 5.07. The molecule has 2 amide bonds. The largest absolute Gasteiger partial charge is 0.375 e. The van der Waals surface area contributed by atoms with E-state index in [1.807, 2.05) is 12.1 Å². The minimum atomic E-state index is -0.574. The molecule has 166 valence electrons. The van der Waals surface area contributed by atoms with E-state index in [0.717, 1.165) is 44.1 Å². The predicted octanol–water partition coefficient (Wildman–Crippen LogP) is 0.475. The summed E-state index contributed by atoms with van der Waals surface area (Å²) >= 11 is 0. The van der Waals surface area contributed by atoms with Crippen molar-refractivity contribution in [2.45, 2.75) is 31.6 Å². The van der Waals surface area contributed by atoms with Crippen molar-refractivity contribution in [2.24, 2.45) is 10.7 Å². The maximum absolute atomic E-state index is 11.9. The van der Waals surface area contributed by atoms with E-state index >= 15 is 0 Å². The first-order valence-electron chi connectivity index (χ1n) is 9.91. The van der Waals surface area contributed by atoms with E-state index in [-0.39, 0.29) is 48.6 Å². The summed E-state index contributed by atoms with van der Waals surface area (Å²) in [7, 11) is 1.77. The van der Waals surface area contributed by atoms with E-state index in [0.29, 0.717) is 18.7 Å². The summed E-state index contributed by atoms with van der Waals surface area (Å²) in [6, 6.07) is 7.18. The summed E-state index contributed by atoms with van der Waals surface area (Å²) in [5.74, 6) is -0.0809. The second-order valence-corrected chi connectivity index (χ2v) is 7.15. The van der Waals surface area contributed by atoms with Gasteiger partial charge in [-0.3, -0.25) is 14.6 Å². The van der Waals surface area contributed by atoms with Gasteiger partial charge in [0.2, 0.25) is 5.91 Å². The molecular weight excluding hydrogens is 501 g/mol. The molecule has 4 N–H and O–H groups in total. The molecule has 0 saturated carbocycles. The van der Waals surface area contributed by atoms with Gasteiger partial charge < -0.3 is 30.7 Å². The molecule has 10 heteroatoms. The molecule has 1 aromatic rings. The van der Waals surface area contributed by atoms with Crippen LogP contribution in [0.3, 0.4) is 0 Å². The van der Waals surface area contributed by atoms with Gasteiger partial charge in [-0.15, -0.1) is 24.0 Å². The molecule has 2 fully saturated rings. The Morgan fingerprint density at radius 3 is 2.53 bits per heavy atom. The predicted molar refractivity (Wildman–Crippen MR) is 124 cm³/mol. The summed E-state index contributed by atoms with van der Waals surface area (Å²) < 4.78 is 11.7. The van der Waals surface area contributed by atoms with Gasteiger partial charge in [0.15, 0.2) is 5.96 Å². The summed E-state index contributed by atoms with van der Waals surface area (Å²) in [6.45, 7) is 3.41. The topological polar surface area (TPSA) is 118 Å². The second kappa shape index (κ2) is 12.1. The molecule has 0 bridgehead atoms. The number of rotatable bonds is 6. The molecule has 2 atom stereocenters. The molecule has 3 rings (SSSR count). The van der Waals surface area contributed by atoms with E-state index in [1.165, 1.54) is 0 Å². The van der Waals surface area contributed by atoms with Crippen LogP contribution in [0, 0.1) is 0 Å². The van der Waals surface area contributed by atoms with Crippen LogP contribution in [0.25, 0.3) is 0 Å². The third-order valence-corrected chi connectivity index (χ3v) is 5.07. The molecule has 2 aliphatic rings. The lowest BCUT2D eigenvalue weighted by molar-refractivity contribution is -0.117. The van der Waals surface area contributed by atoms with Gasteiger partial charge in [0.05, 0.1) is 19.3 Å². The van der Waals surface area contributed by atoms with Crippen molar-refractivity contribution in [3.8, 4) is 0 Å². The zero-order valence-corrected chi connectivity index (χ0v) is 19.5. The first kappa shape index (κ1) is 24.4. The number of carbonyl (C=O) groups is 2. The highest BCUT2D eigenvalue weighted by molar-refractivity contribution is 14.0. The summed E-state index contributed by atoms with van der Waals surface area (Å²) in [5, 5.41) is 5.84. The highest BCUT2D eigenvalue weighted by Crippen LogP contribution is 2.21. The Morgan fingerprint density at radius 2 is 1.90 bits per heavy atom. The van der Waals surface area contributed by atoms with Crippen molar-refractivity contribution in [3.05, 3.63) is 35.4 Å². The number of nitrogens with zero attached hydrogens (tertiary/aromatic N) is 2. The average Bonchev–Trinajstić information content (AvgIpc) is 3.28. The van der Waals surface area contributed by atoms with Crippen LogP contribution in [0.5, 0.6) is 0 Å². The van der Waals surface area contributed by atoms with Crippen LogP contribution < -0.4 is 16.4 Å². The molecule has 1 aromatic carbocycles. The number of nitrogens with two attached hydrogens (primary N) is 1. The van der Waals surface area contributed by atoms with Crippen LogP contribution in [-0.2, 0) is 20.8 Å². The third kappa shape index (κ3) is 6.81. The molecule has 30 heavy (non-hydrogen) atoms. The normalized spacial score (nSPS) is 21.6. The molecular formula is C20H30IN5O4. The minimum absolute atomic E-state index is 0. The Bertz CT molecular complexity index is 737. The van der Waals surface area contributed by atoms with Gasteiger partial charge in [-0.2, -0.15) is 0 Å². The number of nitrogens with one attached hydrogen (secondary N) is 2. The summed E-state index contributed by atoms with van der Waals surface area (Å²) in [4.78, 5) is 29.3. The number of halogens is 1. The molecule has 2 saturated heterocycles. The molecule has 2 unspecified atom stereocenters. The Hall–Kier alpha value is -1.92. The Balaban J connectivity index is 0.00000320. The second-order valence-electron chi connectivity index (χ2n) is 7.15.